The monoisotopic (exact) mass is 499 g/mol. The number of fused-ring (bicyclic) bond motifs is 1. The van der Waals surface area contributed by atoms with Crippen molar-refractivity contribution in [2.45, 2.75) is 37.5 Å². The average molecular weight is 500 g/mol. The maximum absolute atomic E-state index is 14.2. The predicted octanol–water partition coefficient (Wildman–Crippen LogP) is 5.66. The summed E-state index contributed by atoms with van der Waals surface area (Å²) < 4.78 is 0. The molecule has 1 amide bonds. The highest BCUT2D eigenvalue weighted by molar-refractivity contribution is 5.92. The Morgan fingerprint density at radius 2 is 1.58 bits per heavy atom. The minimum Gasteiger partial charge on any atom is -0.350 e. The molecule has 0 radical (unpaired) electrons. The molecule has 4 aromatic carbocycles. The van der Waals surface area contributed by atoms with Crippen LogP contribution in [0.1, 0.15) is 23.1 Å². The van der Waals surface area contributed by atoms with Gasteiger partial charge in [0.2, 0.25) is 5.91 Å². The molecule has 4 aliphatic rings. The summed E-state index contributed by atoms with van der Waals surface area (Å²) in [6.45, 7) is 2.28. The minimum absolute atomic E-state index is 0.0752. The van der Waals surface area contributed by atoms with E-state index in [-0.39, 0.29) is 17.9 Å². The Balaban J connectivity index is 1.25. The molecule has 4 bridgehead atoms. The Morgan fingerprint density at radius 3 is 2.39 bits per heavy atom. The van der Waals surface area contributed by atoms with E-state index in [1.165, 1.54) is 21.9 Å². The van der Waals surface area contributed by atoms with Crippen LogP contribution in [0, 0.1) is 17.8 Å². The maximum atomic E-state index is 14.2. The Bertz CT molecular complexity index is 1480. The number of rotatable bonds is 7. The van der Waals surface area contributed by atoms with Gasteiger partial charge in [-0.2, -0.15) is 0 Å². The fourth-order valence-electron chi connectivity index (χ4n) is 7.48. The van der Waals surface area contributed by atoms with Gasteiger partial charge in [0.25, 0.3) is 0 Å². The molecule has 0 aromatic heterocycles. The number of amides is 1. The van der Waals surface area contributed by atoms with Gasteiger partial charge < -0.3 is 5.32 Å². The molecule has 2 fully saturated rings. The second-order valence-corrected chi connectivity index (χ2v) is 11.2. The Kier molecular flexibility index (Phi) is 5.85. The maximum Gasteiger partial charge on any atom is 0.250 e. The summed E-state index contributed by atoms with van der Waals surface area (Å²) in [5.74, 6) is 1.09. The molecule has 1 N–H and O–H groups in total. The number of nitrogens with one attached hydrogen (secondary N) is 1. The van der Waals surface area contributed by atoms with Crippen LogP contribution in [0.25, 0.3) is 10.8 Å². The van der Waals surface area contributed by atoms with E-state index in [1.807, 2.05) is 18.2 Å². The third kappa shape index (κ3) is 3.86. The molecule has 190 valence electrons. The van der Waals surface area contributed by atoms with Crippen LogP contribution < -0.4 is 5.32 Å². The van der Waals surface area contributed by atoms with Crippen LogP contribution in [-0.2, 0) is 24.3 Å². The average Bonchev–Trinajstić information content (AvgIpc) is 3.23. The molecule has 1 saturated heterocycles. The van der Waals surface area contributed by atoms with Gasteiger partial charge in [0.15, 0.2) is 5.54 Å². The summed E-state index contributed by atoms with van der Waals surface area (Å²) in [5, 5.41) is 5.87. The minimum atomic E-state index is -0.729. The lowest BCUT2D eigenvalue weighted by molar-refractivity contribution is -0.132. The van der Waals surface area contributed by atoms with Crippen molar-refractivity contribution >= 4 is 22.9 Å². The second kappa shape index (κ2) is 9.52. The van der Waals surface area contributed by atoms with Crippen LogP contribution in [0.5, 0.6) is 0 Å². The largest absolute Gasteiger partial charge is 0.350 e. The standard InChI is InChI=1S/C34H33N3O/c38-33(35-20-25-12-5-2-6-13-25)34-29-19-28(21-36-34)31(18-24-10-3-1-4-11-24)32(34)37(23-29)22-27-16-9-15-26-14-7-8-17-30(26)27/h1-17,21,28-29,31-32H,18-20,22-23H2,(H,35,38). The molecule has 5 atom stereocenters. The van der Waals surface area contributed by atoms with E-state index < -0.39 is 5.54 Å². The van der Waals surface area contributed by atoms with Crippen LogP contribution >= 0.6 is 0 Å². The zero-order valence-corrected chi connectivity index (χ0v) is 21.5. The zero-order chi connectivity index (χ0) is 25.5. The number of benzene rings is 4. The normalized spacial score (nSPS) is 27.6. The number of carbonyl (C=O) groups is 1. The highest BCUT2D eigenvalue weighted by atomic mass is 16.2. The van der Waals surface area contributed by atoms with Crippen molar-refractivity contribution < 1.29 is 4.79 Å². The van der Waals surface area contributed by atoms with Crippen molar-refractivity contribution in [3.05, 3.63) is 120 Å². The van der Waals surface area contributed by atoms with Gasteiger partial charge in [-0.3, -0.25) is 14.7 Å². The van der Waals surface area contributed by atoms with Crippen molar-refractivity contribution in [2.75, 3.05) is 6.54 Å². The lowest BCUT2D eigenvalue weighted by Crippen LogP contribution is -2.65. The summed E-state index contributed by atoms with van der Waals surface area (Å²) >= 11 is 0. The molecular formula is C34H33N3O. The van der Waals surface area contributed by atoms with Crippen LogP contribution in [0.3, 0.4) is 0 Å². The van der Waals surface area contributed by atoms with E-state index in [4.69, 9.17) is 4.99 Å². The molecule has 1 aliphatic carbocycles. The molecular weight excluding hydrogens is 466 g/mol. The van der Waals surface area contributed by atoms with E-state index in [0.717, 1.165) is 31.5 Å². The van der Waals surface area contributed by atoms with Gasteiger partial charge in [-0.05, 0) is 52.1 Å². The number of likely N-dealkylation sites (tertiary alicyclic amines) is 1. The summed E-state index contributed by atoms with van der Waals surface area (Å²) in [4.78, 5) is 21.9. The molecule has 4 nitrogen and oxygen atoms in total. The number of aliphatic imine (C=N–C) groups is 1. The van der Waals surface area contributed by atoms with E-state index in [2.05, 4.69) is 101 Å². The summed E-state index contributed by atoms with van der Waals surface area (Å²) in [6.07, 6.45) is 4.13. The summed E-state index contributed by atoms with van der Waals surface area (Å²) in [7, 11) is 0. The molecule has 4 aromatic rings. The zero-order valence-electron chi connectivity index (χ0n) is 21.5. The van der Waals surface area contributed by atoms with Gasteiger partial charge in [0, 0.05) is 37.8 Å². The third-order valence-electron chi connectivity index (χ3n) is 9.14. The lowest BCUT2D eigenvalue weighted by atomic mass is 9.59. The Labute approximate surface area is 224 Å². The lowest BCUT2D eigenvalue weighted by Gasteiger charge is -2.51. The van der Waals surface area contributed by atoms with Gasteiger partial charge >= 0.3 is 0 Å². The highest BCUT2D eigenvalue weighted by Gasteiger charge is 2.67. The first-order valence-electron chi connectivity index (χ1n) is 13.8. The molecule has 38 heavy (non-hydrogen) atoms. The molecule has 1 saturated carbocycles. The first-order valence-corrected chi connectivity index (χ1v) is 13.8. The molecule has 3 heterocycles. The van der Waals surface area contributed by atoms with E-state index in [1.54, 1.807) is 0 Å². The van der Waals surface area contributed by atoms with Crippen LogP contribution in [0.15, 0.2) is 108 Å². The Hall–Kier alpha value is -3.76. The van der Waals surface area contributed by atoms with E-state index in [0.29, 0.717) is 18.4 Å². The summed E-state index contributed by atoms with van der Waals surface area (Å²) in [5.41, 5.74) is 3.06. The van der Waals surface area contributed by atoms with E-state index >= 15 is 0 Å². The van der Waals surface area contributed by atoms with Crippen molar-refractivity contribution in [3.63, 3.8) is 0 Å². The van der Waals surface area contributed by atoms with E-state index in [9.17, 15) is 4.79 Å². The van der Waals surface area contributed by atoms with Crippen molar-refractivity contribution in [3.8, 4) is 0 Å². The first kappa shape index (κ1) is 23.4. The highest BCUT2D eigenvalue weighted by Crippen LogP contribution is 2.55. The second-order valence-electron chi connectivity index (χ2n) is 11.2. The van der Waals surface area contributed by atoms with Gasteiger partial charge in [-0.25, -0.2) is 0 Å². The van der Waals surface area contributed by atoms with Crippen LogP contribution in [0.4, 0.5) is 0 Å². The molecule has 5 unspecified atom stereocenters. The molecule has 8 rings (SSSR count). The van der Waals surface area contributed by atoms with Crippen molar-refractivity contribution in [1.82, 2.24) is 10.2 Å². The van der Waals surface area contributed by atoms with Crippen LogP contribution in [0.2, 0.25) is 0 Å². The number of hydrogen-bond donors (Lipinski definition) is 1. The fourth-order valence-corrected chi connectivity index (χ4v) is 7.48. The molecule has 3 aliphatic heterocycles. The third-order valence-corrected chi connectivity index (χ3v) is 9.14. The molecule has 4 heteroatoms. The fraction of sp³-hybridized carbons (Fsp3) is 0.294. The Morgan fingerprint density at radius 1 is 0.868 bits per heavy atom. The van der Waals surface area contributed by atoms with Crippen molar-refractivity contribution in [1.29, 1.82) is 0 Å². The van der Waals surface area contributed by atoms with Crippen molar-refractivity contribution in [2.24, 2.45) is 22.7 Å². The summed E-state index contributed by atoms with van der Waals surface area (Å²) in [6, 6.07) is 36.3. The quantitative estimate of drug-likeness (QED) is 0.357. The molecule has 0 spiro atoms. The van der Waals surface area contributed by atoms with Gasteiger partial charge in [0.05, 0.1) is 0 Å². The number of carbonyl (C=O) groups excluding carboxylic acids is 1. The predicted molar refractivity (Wildman–Crippen MR) is 153 cm³/mol. The van der Waals surface area contributed by atoms with Gasteiger partial charge in [-0.1, -0.05) is 103 Å². The smallest absolute Gasteiger partial charge is 0.250 e. The topological polar surface area (TPSA) is 44.7 Å². The number of nitrogens with zero attached hydrogens (tertiary/aromatic N) is 2. The van der Waals surface area contributed by atoms with Gasteiger partial charge in [0.1, 0.15) is 0 Å². The van der Waals surface area contributed by atoms with Crippen LogP contribution in [-0.4, -0.2) is 35.1 Å². The SMILES string of the molecule is O=C(NCc1ccccc1)C12N=CC3CC1CN(Cc1cccc4ccccc14)C2C3Cc1ccccc1. The van der Waals surface area contributed by atoms with Gasteiger partial charge in [-0.15, -0.1) is 0 Å². The first-order chi connectivity index (χ1) is 18.7. The number of hydrogen-bond acceptors (Lipinski definition) is 3.